The number of nitrogens with zero attached hydrogens (tertiary/aromatic N) is 2. The number of carbonyl (C=O) groups is 1. The molecule has 0 aromatic rings. The molecule has 144 valence electrons. The topological polar surface area (TPSA) is 23.6 Å². The lowest BCUT2D eigenvalue weighted by molar-refractivity contribution is -0.142. The fourth-order valence-corrected chi connectivity index (χ4v) is 5.25. The van der Waals surface area contributed by atoms with Crippen molar-refractivity contribution in [2.45, 2.75) is 79.1 Å². The van der Waals surface area contributed by atoms with Crippen LogP contribution in [0, 0.1) is 22.7 Å². The molecule has 2 aliphatic heterocycles. The van der Waals surface area contributed by atoms with Gasteiger partial charge in [0.1, 0.15) is 0 Å². The minimum Gasteiger partial charge on any atom is -0.342 e. The predicted molar refractivity (Wildman–Crippen MR) is 104 cm³/mol. The minimum absolute atomic E-state index is 0.231. The molecule has 0 bridgehead atoms. The van der Waals surface area contributed by atoms with Gasteiger partial charge < -0.3 is 9.80 Å². The summed E-state index contributed by atoms with van der Waals surface area (Å²) in [6.45, 7) is 14.4. The highest BCUT2D eigenvalue weighted by atomic mass is 16.2. The first kappa shape index (κ1) is 19.2. The Balaban J connectivity index is 1.43. The molecule has 3 fully saturated rings. The lowest BCUT2D eigenvalue weighted by atomic mass is 9.70. The second-order valence-corrected chi connectivity index (χ2v) is 10.5. The summed E-state index contributed by atoms with van der Waals surface area (Å²) in [5, 5.41) is 0. The minimum atomic E-state index is -0.231. The number of likely N-dealkylation sites (tertiary alicyclic amines) is 2. The Morgan fingerprint density at radius 2 is 1.44 bits per heavy atom. The molecule has 2 heterocycles. The monoisotopic (exact) mass is 348 g/mol. The molecule has 1 saturated carbocycles. The molecule has 0 aromatic carbocycles. The third-order valence-corrected chi connectivity index (χ3v) is 7.32. The maximum Gasteiger partial charge on any atom is 0.227 e. The Labute approximate surface area is 155 Å². The van der Waals surface area contributed by atoms with Crippen LogP contribution >= 0.6 is 0 Å². The lowest BCUT2D eigenvalue weighted by Gasteiger charge is -2.48. The zero-order chi connectivity index (χ0) is 18.1. The van der Waals surface area contributed by atoms with E-state index in [0.29, 0.717) is 11.3 Å². The molecule has 3 heteroatoms. The standard InChI is InChI=1S/C22H40N2O/c1-18-5-7-19(8-6-18)17-23-13-9-22(10-14-23)11-15-24(16-12-22)20(25)21(2,3)4/h18-19H,5-17H2,1-4H3. The molecule has 0 radical (unpaired) electrons. The van der Waals surface area contributed by atoms with Crippen molar-refractivity contribution in [1.82, 2.24) is 9.80 Å². The van der Waals surface area contributed by atoms with E-state index in [-0.39, 0.29) is 5.41 Å². The van der Waals surface area contributed by atoms with E-state index in [4.69, 9.17) is 0 Å². The van der Waals surface area contributed by atoms with E-state index in [1.807, 2.05) is 20.8 Å². The molecule has 0 N–H and O–H groups in total. The Bertz CT molecular complexity index is 441. The maximum atomic E-state index is 12.5. The van der Waals surface area contributed by atoms with Gasteiger partial charge in [0, 0.05) is 25.0 Å². The molecule has 3 rings (SSSR count). The molecule has 25 heavy (non-hydrogen) atoms. The van der Waals surface area contributed by atoms with Crippen molar-refractivity contribution in [3.8, 4) is 0 Å². The van der Waals surface area contributed by atoms with E-state index in [1.54, 1.807) is 0 Å². The average Bonchev–Trinajstić information content (AvgIpc) is 2.58. The van der Waals surface area contributed by atoms with Crippen molar-refractivity contribution in [2.75, 3.05) is 32.7 Å². The third-order valence-electron chi connectivity index (χ3n) is 7.32. The van der Waals surface area contributed by atoms with Gasteiger partial charge in [0.2, 0.25) is 5.91 Å². The van der Waals surface area contributed by atoms with Gasteiger partial charge in [0.25, 0.3) is 0 Å². The lowest BCUT2D eigenvalue weighted by Crippen LogP contribution is -2.50. The largest absolute Gasteiger partial charge is 0.342 e. The van der Waals surface area contributed by atoms with Crippen LogP contribution in [0.2, 0.25) is 0 Å². The van der Waals surface area contributed by atoms with E-state index in [0.717, 1.165) is 24.9 Å². The summed E-state index contributed by atoms with van der Waals surface area (Å²) < 4.78 is 0. The molecular weight excluding hydrogens is 308 g/mol. The Morgan fingerprint density at radius 1 is 0.920 bits per heavy atom. The van der Waals surface area contributed by atoms with Gasteiger partial charge in [-0.15, -0.1) is 0 Å². The van der Waals surface area contributed by atoms with Crippen LogP contribution in [-0.4, -0.2) is 48.4 Å². The molecule has 3 nitrogen and oxygen atoms in total. The first-order valence-corrected chi connectivity index (χ1v) is 10.8. The number of hydrogen-bond donors (Lipinski definition) is 0. The van der Waals surface area contributed by atoms with Crippen LogP contribution in [0.3, 0.4) is 0 Å². The third kappa shape index (κ3) is 4.78. The SMILES string of the molecule is CC1CCC(CN2CCC3(CC2)CCN(C(=O)C(C)(C)C)CC3)CC1. The molecular formula is C22H40N2O. The number of rotatable bonds is 2. The van der Waals surface area contributed by atoms with E-state index in [9.17, 15) is 4.79 Å². The van der Waals surface area contributed by atoms with Crippen molar-refractivity contribution in [3.63, 3.8) is 0 Å². The van der Waals surface area contributed by atoms with Crippen LogP contribution in [0.15, 0.2) is 0 Å². The number of carbonyl (C=O) groups excluding carboxylic acids is 1. The molecule has 1 aliphatic carbocycles. The average molecular weight is 349 g/mol. The zero-order valence-electron chi connectivity index (χ0n) is 17.1. The quantitative estimate of drug-likeness (QED) is 0.730. The summed E-state index contributed by atoms with van der Waals surface area (Å²) in [6.07, 6.45) is 11.0. The van der Waals surface area contributed by atoms with Crippen LogP contribution in [0.4, 0.5) is 0 Å². The second kappa shape index (κ2) is 7.58. The Kier molecular flexibility index (Phi) is 5.82. The first-order valence-electron chi connectivity index (χ1n) is 10.8. The first-order chi connectivity index (χ1) is 11.8. The highest BCUT2D eigenvalue weighted by Gasteiger charge is 2.40. The highest BCUT2D eigenvalue weighted by Crippen LogP contribution is 2.42. The van der Waals surface area contributed by atoms with Gasteiger partial charge in [0.05, 0.1) is 0 Å². The van der Waals surface area contributed by atoms with E-state index >= 15 is 0 Å². The van der Waals surface area contributed by atoms with Gasteiger partial charge in [0.15, 0.2) is 0 Å². The fourth-order valence-electron chi connectivity index (χ4n) is 5.25. The van der Waals surface area contributed by atoms with E-state index in [2.05, 4.69) is 16.7 Å². The van der Waals surface area contributed by atoms with Crippen LogP contribution in [0.25, 0.3) is 0 Å². The smallest absolute Gasteiger partial charge is 0.227 e. The summed E-state index contributed by atoms with van der Waals surface area (Å²) in [5.74, 6) is 2.25. The van der Waals surface area contributed by atoms with Gasteiger partial charge >= 0.3 is 0 Å². The maximum absolute atomic E-state index is 12.5. The van der Waals surface area contributed by atoms with Crippen molar-refractivity contribution in [1.29, 1.82) is 0 Å². The molecule has 2 saturated heterocycles. The van der Waals surface area contributed by atoms with Crippen LogP contribution in [0.1, 0.15) is 79.1 Å². The van der Waals surface area contributed by atoms with Gasteiger partial charge in [-0.3, -0.25) is 4.79 Å². The molecule has 1 amide bonds. The van der Waals surface area contributed by atoms with Crippen LogP contribution in [-0.2, 0) is 4.79 Å². The van der Waals surface area contributed by atoms with Crippen molar-refractivity contribution < 1.29 is 4.79 Å². The van der Waals surface area contributed by atoms with Gasteiger partial charge in [-0.05, 0) is 68.9 Å². The molecule has 1 spiro atoms. The van der Waals surface area contributed by atoms with Gasteiger partial charge in [-0.2, -0.15) is 0 Å². The summed E-state index contributed by atoms with van der Waals surface area (Å²) in [6, 6.07) is 0. The number of hydrogen-bond acceptors (Lipinski definition) is 2. The molecule has 0 aromatic heterocycles. The Morgan fingerprint density at radius 3 is 1.96 bits per heavy atom. The van der Waals surface area contributed by atoms with Crippen molar-refractivity contribution in [3.05, 3.63) is 0 Å². The molecule has 0 atom stereocenters. The van der Waals surface area contributed by atoms with Gasteiger partial charge in [-0.1, -0.05) is 40.5 Å². The number of amides is 1. The number of piperidine rings is 2. The normalized spacial score (nSPS) is 31.3. The summed E-state index contributed by atoms with van der Waals surface area (Å²) in [7, 11) is 0. The van der Waals surface area contributed by atoms with Gasteiger partial charge in [-0.25, -0.2) is 0 Å². The summed E-state index contributed by atoms with van der Waals surface area (Å²) in [4.78, 5) is 17.4. The highest BCUT2D eigenvalue weighted by molar-refractivity contribution is 5.81. The van der Waals surface area contributed by atoms with Crippen molar-refractivity contribution in [2.24, 2.45) is 22.7 Å². The fraction of sp³-hybridized carbons (Fsp3) is 0.955. The summed E-state index contributed by atoms with van der Waals surface area (Å²) in [5.41, 5.74) is 0.303. The van der Waals surface area contributed by atoms with Crippen LogP contribution in [0.5, 0.6) is 0 Å². The van der Waals surface area contributed by atoms with Crippen molar-refractivity contribution >= 4 is 5.91 Å². The zero-order valence-corrected chi connectivity index (χ0v) is 17.1. The molecule has 0 unspecified atom stereocenters. The van der Waals surface area contributed by atoms with E-state index < -0.39 is 0 Å². The predicted octanol–water partition coefficient (Wildman–Crippen LogP) is 4.56. The second-order valence-electron chi connectivity index (χ2n) is 10.5. The Hall–Kier alpha value is -0.570. The molecule has 3 aliphatic rings. The van der Waals surface area contributed by atoms with E-state index in [1.165, 1.54) is 71.0 Å². The summed E-state index contributed by atoms with van der Waals surface area (Å²) >= 11 is 0. The van der Waals surface area contributed by atoms with Crippen LogP contribution < -0.4 is 0 Å².